The summed E-state index contributed by atoms with van der Waals surface area (Å²) in [4.78, 5) is 23.2. The van der Waals surface area contributed by atoms with Crippen LogP contribution < -0.4 is 5.32 Å². The van der Waals surface area contributed by atoms with Gasteiger partial charge in [0.25, 0.3) is 0 Å². The lowest BCUT2D eigenvalue weighted by molar-refractivity contribution is -0.140. The molecule has 0 aromatic carbocycles. The van der Waals surface area contributed by atoms with Crippen LogP contribution in [0.2, 0.25) is 0 Å². The fraction of sp³-hybridized carbons (Fsp3) is 0.667. The Bertz CT molecular complexity index is 516. The van der Waals surface area contributed by atoms with E-state index in [9.17, 15) is 9.59 Å². The van der Waals surface area contributed by atoms with Crippen LogP contribution >= 0.6 is 0 Å². The van der Waals surface area contributed by atoms with E-state index < -0.39 is 5.97 Å². The SMILES string of the molecule is CC(C)n1cc(NC(=O)CC2(CC(=O)O)CCCC2)cn1. The van der Waals surface area contributed by atoms with E-state index in [0.717, 1.165) is 25.7 Å². The number of nitrogens with zero attached hydrogens (tertiary/aromatic N) is 2. The van der Waals surface area contributed by atoms with Crippen molar-refractivity contribution in [2.45, 2.75) is 58.4 Å². The van der Waals surface area contributed by atoms with Crippen LogP contribution in [0, 0.1) is 5.41 Å². The first-order chi connectivity index (χ1) is 9.90. The quantitative estimate of drug-likeness (QED) is 0.844. The van der Waals surface area contributed by atoms with Crippen LogP contribution in [0.4, 0.5) is 5.69 Å². The zero-order chi connectivity index (χ0) is 15.5. The molecule has 0 atom stereocenters. The Labute approximate surface area is 124 Å². The van der Waals surface area contributed by atoms with Gasteiger partial charge in [-0.25, -0.2) is 0 Å². The summed E-state index contributed by atoms with van der Waals surface area (Å²) in [7, 11) is 0. The van der Waals surface area contributed by atoms with E-state index in [1.807, 2.05) is 13.8 Å². The van der Waals surface area contributed by atoms with Gasteiger partial charge in [0.15, 0.2) is 0 Å². The van der Waals surface area contributed by atoms with Gasteiger partial charge in [-0.2, -0.15) is 5.10 Å². The Hall–Kier alpha value is -1.85. The van der Waals surface area contributed by atoms with Gasteiger partial charge >= 0.3 is 5.97 Å². The second-order valence-electron chi connectivity index (χ2n) is 6.31. The van der Waals surface area contributed by atoms with Crippen molar-refractivity contribution in [3.8, 4) is 0 Å². The third-order valence-corrected chi connectivity index (χ3v) is 4.14. The average molecular weight is 293 g/mol. The predicted octanol–water partition coefficient (Wildman–Crippen LogP) is 2.83. The summed E-state index contributed by atoms with van der Waals surface area (Å²) in [5.74, 6) is -0.946. The minimum atomic E-state index is -0.822. The first kappa shape index (κ1) is 15.5. The lowest BCUT2D eigenvalue weighted by atomic mass is 9.79. The van der Waals surface area contributed by atoms with Crippen molar-refractivity contribution in [2.75, 3.05) is 5.32 Å². The molecule has 6 heteroatoms. The molecule has 1 aromatic heterocycles. The van der Waals surface area contributed by atoms with E-state index in [4.69, 9.17) is 5.11 Å². The van der Waals surface area contributed by atoms with Gasteiger partial charge in [-0.3, -0.25) is 14.3 Å². The molecule has 1 fully saturated rings. The van der Waals surface area contributed by atoms with Gasteiger partial charge in [0.1, 0.15) is 0 Å². The highest BCUT2D eigenvalue weighted by Gasteiger charge is 2.38. The summed E-state index contributed by atoms with van der Waals surface area (Å²) in [5, 5.41) is 16.1. The Morgan fingerprint density at radius 3 is 2.57 bits per heavy atom. The summed E-state index contributed by atoms with van der Waals surface area (Å²) < 4.78 is 1.78. The summed E-state index contributed by atoms with van der Waals surface area (Å²) in [6.07, 6.45) is 7.41. The number of nitrogens with one attached hydrogen (secondary N) is 1. The molecule has 1 saturated carbocycles. The Morgan fingerprint density at radius 1 is 1.38 bits per heavy atom. The van der Waals surface area contributed by atoms with Gasteiger partial charge in [0.05, 0.1) is 18.3 Å². The molecule has 1 aromatic rings. The van der Waals surface area contributed by atoms with E-state index >= 15 is 0 Å². The van der Waals surface area contributed by atoms with Crippen LogP contribution in [-0.4, -0.2) is 26.8 Å². The fourth-order valence-electron chi connectivity index (χ4n) is 3.09. The van der Waals surface area contributed by atoms with Crippen LogP contribution in [-0.2, 0) is 9.59 Å². The number of carbonyl (C=O) groups is 2. The van der Waals surface area contributed by atoms with E-state index in [1.54, 1.807) is 17.1 Å². The summed E-state index contributed by atoms with van der Waals surface area (Å²) in [6.45, 7) is 4.03. The number of hydrogen-bond acceptors (Lipinski definition) is 3. The highest BCUT2D eigenvalue weighted by atomic mass is 16.4. The maximum absolute atomic E-state index is 12.2. The Balaban J connectivity index is 1.97. The van der Waals surface area contributed by atoms with E-state index in [1.165, 1.54) is 0 Å². The summed E-state index contributed by atoms with van der Waals surface area (Å²) >= 11 is 0. The molecule has 0 bridgehead atoms. The predicted molar refractivity (Wildman–Crippen MR) is 79.0 cm³/mol. The highest BCUT2D eigenvalue weighted by molar-refractivity contribution is 5.91. The Kier molecular flexibility index (Phi) is 4.65. The largest absolute Gasteiger partial charge is 0.481 e. The lowest BCUT2D eigenvalue weighted by Crippen LogP contribution is -2.27. The van der Waals surface area contributed by atoms with Crippen molar-refractivity contribution in [3.63, 3.8) is 0 Å². The molecule has 1 aliphatic carbocycles. The molecule has 21 heavy (non-hydrogen) atoms. The molecule has 0 radical (unpaired) electrons. The third-order valence-electron chi connectivity index (χ3n) is 4.14. The second-order valence-corrected chi connectivity index (χ2v) is 6.31. The molecule has 2 N–H and O–H groups in total. The highest BCUT2D eigenvalue weighted by Crippen LogP contribution is 2.44. The van der Waals surface area contributed by atoms with Crippen LogP contribution in [0.3, 0.4) is 0 Å². The summed E-state index contributed by atoms with van der Waals surface area (Å²) in [5.41, 5.74) is 0.293. The molecule has 6 nitrogen and oxygen atoms in total. The first-order valence-electron chi connectivity index (χ1n) is 7.46. The number of carbonyl (C=O) groups excluding carboxylic acids is 1. The third kappa shape index (κ3) is 4.06. The average Bonchev–Trinajstić information content (AvgIpc) is 2.98. The number of hydrogen-bond donors (Lipinski definition) is 2. The molecule has 0 unspecified atom stereocenters. The molecule has 0 spiro atoms. The van der Waals surface area contributed by atoms with Crippen molar-refractivity contribution in [2.24, 2.45) is 5.41 Å². The first-order valence-corrected chi connectivity index (χ1v) is 7.46. The number of rotatable bonds is 6. The Morgan fingerprint density at radius 2 is 2.05 bits per heavy atom. The van der Waals surface area contributed by atoms with Crippen LogP contribution in [0.25, 0.3) is 0 Å². The summed E-state index contributed by atoms with van der Waals surface area (Å²) in [6, 6.07) is 0.240. The van der Waals surface area contributed by atoms with Crippen molar-refractivity contribution in [3.05, 3.63) is 12.4 Å². The minimum absolute atomic E-state index is 0.0751. The van der Waals surface area contributed by atoms with Crippen LogP contribution in [0.5, 0.6) is 0 Å². The molecule has 0 aliphatic heterocycles. The lowest BCUT2D eigenvalue weighted by Gasteiger charge is -2.26. The molecule has 1 heterocycles. The van der Waals surface area contributed by atoms with Crippen LogP contribution in [0.15, 0.2) is 12.4 Å². The molecule has 1 aliphatic rings. The number of aliphatic carboxylic acids is 1. The molecule has 0 saturated heterocycles. The van der Waals surface area contributed by atoms with E-state index in [0.29, 0.717) is 5.69 Å². The van der Waals surface area contributed by atoms with Gasteiger partial charge in [0.2, 0.25) is 5.91 Å². The normalized spacial score (nSPS) is 17.1. The number of carboxylic acids is 1. The van der Waals surface area contributed by atoms with Crippen LogP contribution in [0.1, 0.15) is 58.4 Å². The molecular formula is C15H23N3O3. The van der Waals surface area contributed by atoms with Gasteiger partial charge in [-0.1, -0.05) is 12.8 Å². The number of carboxylic acid groups (broad SMARTS) is 1. The van der Waals surface area contributed by atoms with E-state index in [2.05, 4.69) is 10.4 Å². The second kappa shape index (κ2) is 6.28. The standard InChI is InChI=1S/C15H23N3O3/c1-11(2)18-10-12(9-16-18)17-13(19)7-15(8-14(20)21)5-3-4-6-15/h9-11H,3-8H2,1-2H3,(H,17,19)(H,20,21). The molecule has 2 rings (SSSR count). The zero-order valence-electron chi connectivity index (χ0n) is 12.6. The van der Waals surface area contributed by atoms with Gasteiger partial charge in [0, 0.05) is 18.7 Å². The fourth-order valence-corrected chi connectivity index (χ4v) is 3.09. The maximum Gasteiger partial charge on any atom is 0.303 e. The number of amides is 1. The maximum atomic E-state index is 12.2. The number of anilines is 1. The molecular weight excluding hydrogens is 270 g/mol. The van der Waals surface area contributed by atoms with Crippen molar-refractivity contribution >= 4 is 17.6 Å². The minimum Gasteiger partial charge on any atom is -0.481 e. The van der Waals surface area contributed by atoms with Crippen molar-refractivity contribution < 1.29 is 14.7 Å². The monoisotopic (exact) mass is 293 g/mol. The molecule has 1 amide bonds. The zero-order valence-corrected chi connectivity index (χ0v) is 12.6. The number of aromatic nitrogens is 2. The van der Waals surface area contributed by atoms with Crippen molar-refractivity contribution in [1.82, 2.24) is 9.78 Å². The van der Waals surface area contributed by atoms with E-state index in [-0.39, 0.29) is 30.2 Å². The van der Waals surface area contributed by atoms with Crippen molar-refractivity contribution in [1.29, 1.82) is 0 Å². The van der Waals surface area contributed by atoms with Gasteiger partial charge in [-0.05, 0) is 32.1 Å². The smallest absolute Gasteiger partial charge is 0.303 e. The molecule has 116 valence electrons. The van der Waals surface area contributed by atoms with Gasteiger partial charge < -0.3 is 10.4 Å². The van der Waals surface area contributed by atoms with Gasteiger partial charge in [-0.15, -0.1) is 0 Å². The topological polar surface area (TPSA) is 84.2 Å².